The summed E-state index contributed by atoms with van der Waals surface area (Å²) < 4.78 is 2.01. The van der Waals surface area contributed by atoms with Crippen LogP contribution in [0.1, 0.15) is 22.3 Å². The smallest absolute Gasteiger partial charge is 0.216 e. The zero-order valence-electron chi connectivity index (χ0n) is 13.7. The standard InChI is InChI=1S/C18H17ClN4S/c1-11-8-12(2)15(13(3)9-11)10-20-23-17(21-22-18(23)24)14-6-4-5-7-16(14)19/h4-10H,1-3H3,(H,22,24)/b20-10-. The van der Waals surface area contributed by atoms with Crippen LogP contribution in [0.3, 0.4) is 0 Å². The Morgan fingerprint density at radius 2 is 1.83 bits per heavy atom. The second-order valence-corrected chi connectivity index (χ2v) is 6.49. The van der Waals surface area contributed by atoms with Crippen molar-refractivity contribution in [1.29, 1.82) is 0 Å². The van der Waals surface area contributed by atoms with Crippen LogP contribution >= 0.6 is 23.8 Å². The van der Waals surface area contributed by atoms with Crippen LogP contribution < -0.4 is 0 Å². The van der Waals surface area contributed by atoms with Crippen molar-refractivity contribution in [1.82, 2.24) is 14.9 Å². The molecule has 0 spiro atoms. The second kappa shape index (κ2) is 6.71. The third kappa shape index (κ3) is 3.18. The second-order valence-electron chi connectivity index (χ2n) is 5.70. The van der Waals surface area contributed by atoms with Crippen LogP contribution in [0.2, 0.25) is 5.02 Å². The Hall–Kier alpha value is -2.24. The molecule has 0 aliphatic carbocycles. The molecule has 0 saturated heterocycles. The lowest BCUT2D eigenvalue weighted by atomic mass is 10.0. The summed E-state index contributed by atoms with van der Waals surface area (Å²) in [5.41, 5.74) is 5.43. The first-order chi connectivity index (χ1) is 11.5. The molecule has 0 bridgehead atoms. The number of rotatable bonds is 3. The zero-order chi connectivity index (χ0) is 17.3. The molecule has 3 rings (SSSR count). The molecule has 6 heteroatoms. The highest BCUT2D eigenvalue weighted by Gasteiger charge is 2.11. The minimum Gasteiger partial charge on any atom is -0.250 e. The van der Waals surface area contributed by atoms with E-state index in [0.717, 1.165) is 11.1 Å². The number of aryl methyl sites for hydroxylation is 3. The first-order valence-electron chi connectivity index (χ1n) is 7.52. The number of benzene rings is 2. The van der Waals surface area contributed by atoms with Crippen molar-refractivity contribution in [3.8, 4) is 11.4 Å². The van der Waals surface area contributed by atoms with E-state index in [1.54, 1.807) is 4.68 Å². The van der Waals surface area contributed by atoms with Gasteiger partial charge in [0.15, 0.2) is 5.82 Å². The van der Waals surface area contributed by atoms with Crippen molar-refractivity contribution in [2.24, 2.45) is 5.10 Å². The van der Waals surface area contributed by atoms with Gasteiger partial charge in [-0.3, -0.25) is 0 Å². The summed E-state index contributed by atoms with van der Waals surface area (Å²) in [5, 5.41) is 12.2. The molecule has 0 atom stereocenters. The van der Waals surface area contributed by atoms with E-state index in [1.807, 2.05) is 30.5 Å². The number of hydrogen-bond donors (Lipinski definition) is 1. The predicted molar refractivity (Wildman–Crippen MR) is 102 cm³/mol. The topological polar surface area (TPSA) is 46.0 Å². The fourth-order valence-electron chi connectivity index (χ4n) is 2.73. The number of aromatic nitrogens is 3. The summed E-state index contributed by atoms with van der Waals surface area (Å²) in [4.78, 5) is 0. The van der Waals surface area contributed by atoms with Crippen LogP contribution in [0, 0.1) is 25.5 Å². The van der Waals surface area contributed by atoms with E-state index in [1.165, 1.54) is 16.7 Å². The highest BCUT2D eigenvalue weighted by atomic mass is 35.5. The Morgan fingerprint density at radius 3 is 2.50 bits per heavy atom. The third-order valence-electron chi connectivity index (χ3n) is 3.81. The van der Waals surface area contributed by atoms with E-state index in [-0.39, 0.29) is 0 Å². The molecule has 4 nitrogen and oxygen atoms in total. The molecule has 122 valence electrons. The molecule has 24 heavy (non-hydrogen) atoms. The Kier molecular flexibility index (Phi) is 4.64. The van der Waals surface area contributed by atoms with E-state index in [9.17, 15) is 0 Å². The van der Waals surface area contributed by atoms with Crippen molar-refractivity contribution < 1.29 is 0 Å². The van der Waals surface area contributed by atoms with E-state index in [2.05, 4.69) is 48.2 Å². The molecule has 0 aliphatic heterocycles. The maximum atomic E-state index is 6.27. The zero-order valence-corrected chi connectivity index (χ0v) is 15.2. The molecule has 1 heterocycles. The van der Waals surface area contributed by atoms with Crippen LogP contribution in [-0.4, -0.2) is 21.1 Å². The summed E-state index contributed by atoms with van der Waals surface area (Å²) in [6.45, 7) is 6.23. The minimum atomic E-state index is 0.420. The van der Waals surface area contributed by atoms with Gasteiger partial charge >= 0.3 is 0 Å². The maximum absolute atomic E-state index is 6.27. The van der Waals surface area contributed by atoms with Gasteiger partial charge < -0.3 is 0 Å². The maximum Gasteiger partial charge on any atom is 0.216 e. The third-order valence-corrected chi connectivity index (χ3v) is 4.40. The molecule has 0 saturated carbocycles. The molecule has 3 aromatic rings. The number of hydrogen-bond acceptors (Lipinski definition) is 3. The largest absolute Gasteiger partial charge is 0.250 e. The molecule has 1 aromatic heterocycles. The molecular formula is C18H17ClN4S. The minimum absolute atomic E-state index is 0.420. The van der Waals surface area contributed by atoms with E-state index >= 15 is 0 Å². The van der Waals surface area contributed by atoms with Gasteiger partial charge in [0, 0.05) is 11.1 Å². The average Bonchev–Trinajstić information content (AvgIpc) is 2.88. The SMILES string of the molecule is Cc1cc(C)c(/C=N\n2c(-c3ccccc3Cl)n[nH]c2=S)c(C)c1. The van der Waals surface area contributed by atoms with Crippen molar-refractivity contribution in [2.45, 2.75) is 20.8 Å². The van der Waals surface area contributed by atoms with Crippen molar-refractivity contribution in [3.63, 3.8) is 0 Å². The number of H-pyrrole nitrogens is 1. The molecule has 2 aromatic carbocycles. The first kappa shape index (κ1) is 16.6. The lowest BCUT2D eigenvalue weighted by molar-refractivity contribution is 0.871. The van der Waals surface area contributed by atoms with Crippen LogP contribution in [0.25, 0.3) is 11.4 Å². The molecule has 0 unspecified atom stereocenters. The van der Waals surface area contributed by atoms with E-state index in [0.29, 0.717) is 15.6 Å². The molecule has 0 aliphatic rings. The summed E-state index contributed by atoms with van der Waals surface area (Å²) in [6.07, 6.45) is 1.82. The quantitative estimate of drug-likeness (QED) is 0.526. The Morgan fingerprint density at radius 1 is 1.17 bits per heavy atom. The number of nitrogens with one attached hydrogen (secondary N) is 1. The fraction of sp³-hybridized carbons (Fsp3) is 0.167. The van der Waals surface area contributed by atoms with Crippen LogP contribution in [-0.2, 0) is 0 Å². The summed E-state index contributed by atoms with van der Waals surface area (Å²) >= 11 is 11.6. The molecule has 0 amide bonds. The lowest BCUT2D eigenvalue weighted by Crippen LogP contribution is -1.98. The monoisotopic (exact) mass is 356 g/mol. The van der Waals surface area contributed by atoms with Gasteiger partial charge in [0.25, 0.3) is 0 Å². The van der Waals surface area contributed by atoms with E-state index < -0.39 is 0 Å². The van der Waals surface area contributed by atoms with Gasteiger partial charge in [-0.2, -0.15) is 14.9 Å². The molecule has 1 N–H and O–H groups in total. The van der Waals surface area contributed by atoms with Crippen LogP contribution in [0.15, 0.2) is 41.5 Å². The van der Waals surface area contributed by atoms with Gasteiger partial charge in [0.2, 0.25) is 4.77 Å². The van der Waals surface area contributed by atoms with Crippen LogP contribution in [0.4, 0.5) is 0 Å². The first-order valence-corrected chi connectivity index (χ1v) is 8.30. The Labute approximate surface area is 150 Å². The van der Waals surface area contributed by atoms with Gasteiger partial charge in [0.05, 0.1) is 11.2 Å². The van der Waals surface area contributed by atoms with Gasteiger partial charge in [0.1, 0.15) is 0 Å². The normalized spacial score (nSPS) is 11.3. The van der Waals surface area contributed by atoms with Gasteiger partial charge in [-0.1, -0.05) is 41.4 Å². The number of aromatic amines is 1. The van der Waals surface area contributed by atoms with Crippen LogP contribution in [0.5, 0.6) is 0 Å². The summed E-state index contributed by atoms with van der Waals surface area (Å²) in [6, 6.07) is 11.8. The Balaban J connectivity index is 2.08. The number of halogens is 1. The number of nitrogens with zero attached hydrogens (tertiary/aromatic N) is 3. The molecule has 0 radical (unpaired) electrons. The fourth-order valence-corrected chi connectivity index (χ4v) is 3.13. The highest BCUT2D eigenvalue weighted by molar-refractivity contribution is 7.71. The van der Waals surface area contributed by atoms with Gasteiger partial charge in [-0.05, 0) is 56.2 Å². The lowest BCUT2D eigenvalue weighted by Gasteiger charge is -2.07. The summed E-state index contributed by atoms with van der Waals surface area (Å²) in [5.74, 6) is 0.587. The average molecular weight is 357 g/mol. The van der Waals surface area contributed by atoms with Gasteiger partial charge in [-0.25, -0.2) is 5.10 Å². The molecule has 0 fully saturated rings. The van der Waals surface area contributed by atoms with Crippen molar-refractivity contribution in [3.05, 3.63) is 68.4 Å². The molecular weight excluding hydrogens is 340 g/mol. The predicted octanol–water partition coefficient (Wildman–Crippen LogP) is 5.07. The summed E-state index contributed by atoms with van der Waals surface area (Å²) in [7, 11) is 0. The van der Waals surface area contributed by atoms with Crippen molar-refractivity contribution >= 4 is 30.0 Å². The van der Waals surface area contributed by atoms with Crippen molar-refractivity contribution in [2.75, 3.05) is 0 Å². The van der Waals surface area contributed by atoms with Gasteiger partial charge in [-0.15, -0.1) is 0 Å². The Bertz CT molecular complexity index is 962. The highest BCUT2D eigenvalue weighted by Crippen LogP contribution is 2.26. The van der Waals surface area contributed by atoms with E-state index in [4.69, 9.17) is 23.8 Å².